The van der Waals surface area contributed by atoms with Crippen LogP contribution in [0.1, 0.15) is 6.92 Å². The van der Waals surface area contributed by atoms with Gasteiger partial charge >= 0.3 is 5.69 Å². The maximum atomic E-state index is 11.1. The number of hydrogen-bond acceptors (Lipinski definition) is 4. The van der Waals surface area contributed by atoms with Crippen LogP contribution in [-0.2, 0) is 4.74 Å². The van der Waals surface area contributed by atoms with E-state index in [-0.39, 0.29) is 16.8 Å². The van der Waals surface area contributed by atoms with Gasteiger partial charge < -0.3 is 9.64 Å². The van der Waals surface area contributed by atoms with Gasteiger partial charge in [0.25, 0.3) is 0 Å². The maximum Gasteiger partial charge on any atom is 0.310 e. The molecule has 0 spiro atoms. The van der Waals surface area contributed by atoms with Crippen molar-refractivity contribution >= 4 is 23.0 Å². The Labute approximate surface area is 104 Å². The molecule has 6 heteroatoms. The molecule has 1 fully saturated rings. The molecule has 0 aromatic heterocycles. The lowest BCUT2D eigenvalue weighted by Gasteiger charge is -2.34. The third kappa shape index (κ3) is 2.35. The standard InChI is InChI=1S/C11H13ClN2O3/c1-8-7-17-6-5-13(8)10-4-2-3-9(12)11(10)14(15)16/h2-4,8H,5-7H2,1H3. The van der Waals surface area contributed by atoms with Crippen molar-refractivity contribution in [3.63, 3.8) is 0 Å². The van der Waals surface area contributed by atoms with E-state index < -0.39 is 4.92 Å². The smallest absolute Gasteiger partial charge is 0.310 e. The minimum absolute atomic E-state index is 0.0251. The Morgan fingerprint density at radius 3 is 3.00 bits per heavy atom. The van der Waals surface area contributed by atoms with Gasteiger partial charge in [-0.25, -0.2) is 0 Å². The molecule has 92 valence electrons. The van der Waals surface area contributed by atoms with Crippen LogP contribution in [0.25, 0.3) is 0 Å². The van der Waals surface area contributed by atoms with E-state index in [9.17, 15) is 10.1 Å². The fraction of sp³-hybridized carbons (Fsp3) is 0.455. The lowest BCUT2D eigenvalue weighted by atomic mass is 10.2. The lowest BCUT2D eigenvalue weighted by Crippen LogP contribution is -2.43. The zero-order valence-corrected chi connectivity index (χ0v) is 10.2. The molecule has 0 N–H and O–H groups in total. The van der Waals surface area contributed by atoms with Crippen molar-refractivity contribution in [1.82, 2.24) is 0 Å². The first-order valence-corrected chi connectivity index (χ1v) is 5.76. The lowest BCUT2D eigenvalue weighted by molar-refractivity contribution is -0.384. The second kappa shape index (κ2) is 4.89. The van der Waals surface area contributed by atoms with Crippen LogP contribution < -0.4 is 4.90 Å². The SMILES string of the molecule is CC1COCCN1c1cccc(Cl)c1[N+](=O)[O-]. The van der Waals surface area contributed by atoms with Gasteiger partial charge in [-0.15, -0.1) is 0 Å². The molecule has 1 aromatic rings. The highest BCUT2D eigenvalue weighted by atomic mass is 35.5. The van der Waals surface area contributed by atoms with Crippen molar-refractivity contribution in [3.8, 4) is 0 Å². The molecule has 0 saturated carbocycles. The van der Waals surface area contributed by atoms with Crippen molar-refractivity contribution in [2.75, 3.05) is 24.7 Å². The molecule has 1 aliphatic heterocycles. The summed E-state index contributed by atoms with van der Waals surface area (Å²) in [5.74, 6) is 0. The van der Waals surface area contributed by atoms with Gasteiger partial charge in [0.05, 0.1) is 18.1 Å². The average molecular weight is 257 g/mol. The summed E-state index contributed by atoms with van der Waals surface area (Å²) in [5, 5.41) is 11.2. The number of ether oxygens (including phenoxy) is 1. The highest BCUT2D eigenvalue weighted by Gasteiger charge is 2.27. The van der Waals surface area contributed by atoms with Crippen molar-refractivity contribution < 1.29 is 9.66 Å². The minimum Gasteiger partial charge on any atom is -0.377 e. The van der Waals surface area contributed by atoms with Crippen LogP contribution in [0.3, 0.4) is 0 Å². The average Bonchev–Trinajstić information content (AvgIpc) is 2.28. The van der Waals surface area contributed by atoms with Crippen LogP contribution in [0.5, 0.6) is 0 Å². The summed E-state index contributed by atoms with van der Waals surface area (Å²) in [7, 11) is 0. The van der Waals surface area contributed by atoms with E-state index in [1.165, 1.54) is 6.07 Å². The van der Waals surface area contributed by atoms with E-state index in [0.29, 0.717) is 25.4 Å². The summed E-state index contributed by atoms with van der Waals surface area (Å²) < 4.78 is 5.32. The van der Waals surface area contributed by atoms with Crippen LogP contribution in [0, 0.1) is 10.1 Å². The van der Waals surface area contributed by atoms with Crippen molar-refractivity contribution in [2.24, 2.45) is 0 Å². The number of nitro groups is 1. The number of anilines is 1. The Kier molecular flexibility index (Phi) is 3.49. The number of nitrogens with zero attached hydrogens (tertiary/aromatic N) is 2. The van der Waals surface area contributed by atoms with Gasteiger partial charge in [-0.2, -0.15) is 0 Å². The van der Waals surface area contributed by atoms with Gasteiger partial charge in [-0.05, 0) is 19.1 Å². The molecule has 0 radical (unpaired) electrons. The number of benzene rings is 1. The van der Waals surface area contributed by atoms with Gasteiger partial charge in [-0.3, -0.25) is 10.1 Å². The zero-order chi connectivity index (χ0) is 12.4. The molecule has 1 unspecified atom stereocenters. The van der Waals surface area contributed by atoms with Crippen LogP contribution in [0.15, 0.2) is 18.2 Å². The monoisotopic (exact) mass is 256 g/mol. The highest BCUT2D eigenvalue weighted by Crippen LogP contribution is 2.36. The fourth-order valence-electron chi connectivity index (χ4n) is 2.00. The minimum atomic E-state index is -0.431. The summed E-state index contributed by atoms with van der Waals surface area (Å²) in [6, 6.07) is 5.11. The first kappa shape index (κ1) is 12.1. The molecule has 1 atom stereocenters. The van der Waals surface area contributed by atoms with E-state index in [1.54, 1.807) is 12.1 Å². The Morgan fingerprint density at radius 1 is 1.59 bits per heavy atom. The number of rotatable bonds is 2. The number of hydrogen-bond donors (Lipinski definition) is 0. The van der Waals surface area contributed by atoms with Gasteiger partial charge in [0, 0.05) is 12.6 Å². The highest BCUT2D eigenvalue weighted by molar-refractivity contribution is 6.33. The molecule has 1 aliphatic rings. The summed E-state index contributed by atoms with van der Waals surface area (Å²) in [6.45, 7) is 3.77. The number of para-hydroxylation sites is 1. The molecule has 0 amide bonds. The van der Waals surface area contributed by atoms with Gasteiger partial charge in [0.2, 0.25) is 0 Å². The van der Waals surface area contributed by atoms with Crippen molar-refractivity contribution in [3.05, 3.63) is 33.3 Å². The second-order valence-electron chi connectivity index (χ2n) is 3.98. The topological polar surface area (TPSA) is 55.6 Å². The Hall–Kier alpha value is -1.33. The third-order valence-electron chi connectivity index (χ3n) is 2.83. The van der Waals surface area contributed by atoms with E-state index in [0.717, 1.165) is 0 Å². The zero-order valence-electron chi connectivity index (χ0n) is 9.43. The molecule has 5 nitrogen and oxygen atoms in total. The molecule has 1 heterocycles. The van der Waals surface area contributed by atoms with E-state index >= 15 is 0 Å². The molecule has 2 rings (SSSR count). The van der Waals surface area contributed by atoms with Gasteiger partial charge in [0.1, 0.15) is 10.7 Å². The Morgan fingerprint density at radius 2 is 2.35 bits per heavy atom. The summed E-state index contributed by atoms with van der Waals surface area (Å²) in [5.41, 5.74) is 0.543. The maximum absolute atomic E-state index is 11.1. The largest absolute Gasteiger partial charge is 0.377 e. The first-order valence-electron chi connectivity index (χ1n) is 5.38. The first-order chi connectivity index (χ1) is 8.11. The number of nitro benzene ring substituents is 1. The molecular formula is C11H13ClN2O3. The second-order valence-corrected chi connectivity index (χ2v) is 4.39. The molecular weight excluding hydrogens is 244 g/mol. The summed E-state index contributed by atoms with van der Waals surface area (Å²) >= 11 is 5.89. The van der Waals surface area contributed by atoms with Crippen LogP contribution in [-0.4, -0.2) is 30.7 Å². The van der Waals surface area contributed by atoms with Crippen LogP contribution in [0.4, 0.5) is 11.4 Å². The fourth-order valence-corrected chi connectivity index (χ4v) is 2.24. The Bertz CT molecular complexity index is 439. The molecule has 0 bridgehead atoms. The molecule has 1 saturated heterocycles. The van der Waals surface area contributed by atoms with Crippen LogP contribution >= 0.6 is 11.6 Å². The normalized spacial score (nSPS) is 20.4. The molecule has 17 heavy (non-hydrogen) atoms. The molecule has 1 aromatic carbocycles. The molecule has 0 aliphatic carbocycles. The number of morpholine rings is 1. The third-order valence-corrected chi connectivity index (χ3v) is 3.13. The van der Waals surface area contributed by atoms with Gasteiger partial charge in [-0.1, -0.05) is 17.7 Å². The van der Waals surface area contributed by atoms with Crippen molar-refractivity contribution in [1.29, 1.82) is 0 Å². The number of halogens is 1. The van der Waals surface area contributed by atoms with E-state index in [1.807, 2.05) is 11.8 Å². The van der Waals surface area contributed by atoms with Crippen LogP contribution in [0.2, 0.25) is 5.02 Å². The summed E-state index contributed by atoms with van der Waals surface area (Å²) in [4.78, 5) is 12.6. The predicted molar refractivity (Wildman–Crippen MR) is 65.7 cm³/mol. The quantitative estimate of drug-likeness (QED) is 0.603. The summed E-state index contributed by atoms with van der Waals surface area (Å²) in [6.07, 6.45) is 0. The van der Waals surface area contributed by atoms with Crippen molar-refractivity contribution in [2.45, 2.75) is 13.0 Å². The van der Waals surface area contributed by atoms with E-state index in [4.69, 9.17) is 16.3 Å². The van der Waals surface area contributed by atoms with E-state index in [2.05, 4.69) is 0 Å². The Balaban J connectivity index is 2.43. The van der Waals surface area contributed by atoms with Gasteiger partial charge in [0.15, 0.2) is 0 Å². The predicted octanol–water partition coefficient (Wildman–Crippen LogP) is 2.47.